The number of nitrogens with one attached hydrogen (secondary N) is 1. The Bertz CT molecular complexity index is 587. The number of aromatic hydroxyl groups is 1. The van der Waals surface area contributed by atoms with Crippen LogP contribution in [0.15, 0.2) is 36.4 Å². The van der Waals surface area contributed by atoms with Crippen molar-refractivity contribution in [2.75, 3.05) is 27.4 Å². The van der Waals surface area contributed by atoms with Crippen LogP contribution in [0.3, 0.4) is 0 Å². The summed E-state index contributed by atoms with van der Waals surface area (Å²) in [4.78, 5) is 4.40. The lowest BCUT2D eigenvalue weighted by Gasteiger charge is -2.09. The van der Waals surface area contributed by atoms with E-state index in [0.717, 1.165) is 23.4 Å². The van der Waals surface area contributed by atoms with E-state index in [2.05, 4.69) is 10.3 Å². The van der Waals surface area contributed by atoms with E-state index in [4.69, 9.17) is 9.47 Å². The predicted molar refractivity (Wildman–Crippen MR) is 81.5 cm³/mol. The average Bonchev–Trinajstić information content (AvgIpc) is 2.53. The van der Waals surface area contributed by atoms with Crippen LogP contribution in [-0.4, -0.2) is 37.5 Å². The number of phenols is 1. The standard InChI is InChI=1S/C16H20N2O3/c1-20-9-8-17-11-13-10-12(6-7-15(13)19)14-4-3-5-16(18-14)21-2/h3-7,10,17,19H,8-9,11H2,1-2H3. The molecule has 5 heteroatoms. The Morgan fingerprint density at radius 3 is 2.81 bits per heavy atom. The molecular weight excluding hydrogens is 268 g/mol. The molecule has 1 heterocycles. The second-order valence-electron chi connectivity index (χ2n) is 4.58. The van der Waals surface area contributed by atoms with Crippen molar-refractivity contribution >= 4 is 0 Å². The summed E-state index contributed by atoms with van der Waals surface area (Å²) in [5, 5.41) is 13.1. The Balaban J connectivity index is 2.17. The molecule has 1 aromatic carbocycles. The lowest BCUT2D eigenvalue weighted by Crippen LogP contribution is -2.18. The lowest BCUT2D eigenvalue weighted by atomic mass is 10.1. The molecule has 2 N–H and O–H groups in total. The molecule has 0 aliphatic rings. The molecule has 0 bridgehead atoms. The first kappa shape index (κ1) is 15.3. The molecule has 112 valence electrons. The Kier molecular flexibility index (Phi) is 5.54. The van der Waals surface area contributed by atoms with Crippen molar-refractivity contribution < 1.29 is 14.6 Å². The normalized spacial score (nSPS) is 10.6. The van der Waals surface area contributed by atoms with Gasteiger partial charge in [-0.2, -0.15) is 0 Å². The number of hydrogen-bond donors (Lipinski definition) is 2. The summed E-state index contributed by atoms with van der Waals surface area (Å²) >= 11 is 0. The SMILES string of the molecule is COCCNCc1cc(-c2cccc(OC)n2)ccc1O. The summed E-state index contributed by atoms with van der Waals surface area (Å²) < 4.78 is 10.1. The van der Waals surface area contributed by atoms with E-state index in [-0.39, 0.29) is 5.75 Å². The summed E-state index contributed by atoms with van der Waals surface area (Å²) in [5.74, 6) is 0.840. The first-order valence-electron chi connectivity index (χ1n) is 6.77. The quantitative estimate of drug-likeness (QED) is 0.765. The van der Waals surface area contributed by atoms with E-state index in [1.807, 2.05) is 24.3 Å². The van der Waals surface area contributed by atoms with E-state index in [9.17, 15) is 5.11 Å². The number of benzene rings is 1. The van der Waals surface area contributed by atoms with Crippen LogP contribution in [0.5, 0.6) is 11.6 Å². The Hall–Kier alpha value is -2.11. The molecule has 0 saturated carbocycles. The van der Waals surface area contributed by atoms with Gasteiger partial charge in [0, 0.05) is 37.4 Å². The largest absolute Gasteiger partial charge is 0.508 e. The molecule has 0 aliphatic heterocycles. The zero-order valence-electron chi connectivity index (χ0n) is 12.3. The molecule has 0 spiro atoms. The van der Waals surface area contributed by atoms with Gasteiger partial charge in [-0.1, -0.05) is 6.07 Å². The molecule has 0 atom stereocenters. The van der Waals surface area contributed by atoms with Crippen molar-refractivity contribution in [3.05, 3.63) is 42.0 Å². The van der Waals surface area contributed by atoms with E-state index < -0.39 is 0 Å². The van der Waals surface area contributed by atoms with Crippen molar-refractivity contribution in [1.82, 2.24) is 10.3 Å². The molecule has 1 aromatic heterocycles. The molecular formula is C16H20N2O3. The number of rotatable bonds is 7. The number of nitrogens with zero attached hydrogens (tertiary/aromatic N) is 1. The van der Waals surface area contributed by atoms with Crippen molar-refractivity contribution in [2.24, 2.45) is 0 Å². The Morgan fingerprint density at radius 1 is 1.19 bits per heavy atom. The van der Waals surface area contributed by atoms with Crippen molar-refractivity contribution in [3.8, 4) is 22.9 Å². The number of methoxy groups -OCH3 is 2. The molecule has 2 aromatic rings. The minimum Gasteiger partial charge on any atom is -0.508 e. The fraction of sp³-hybridized carbons (Fsp3) is 0.312. The third-order valence-electron chi connectivity index (χ3n) is 3.11. The summed E-state index contributed by atoms with van der Waals surface area (Å²) in [5.41, 5.74) is 2.58. The Labute approximate surface area is 124 Å². The number of aromatic nitrogens is 1. The monoisotopic (exact) mass is 288 g/mol. The van der Waals surface area contributed by atoms with Crippen LogP contribution < -0.4 is 10.1 Å². The van der Waals surface area contributed by atoms with Gasteiger partial charge >= 0.3 is 0 Å². The van der Waals surface area contributed by atoms with Crippen LogP contribution in [0.2, 0.25) is 0 Å². The zero-order valence-corrected chi connectivity index (χ0v) is 12.3. The molecule has 0 radical (unpaired) electrons. The van der Waals surface area contributed by atoms with Gasteiger partial charge in [0.25, 0.3) is 0 Å². The van der Waals surface area contributed by atoms with Gasteiger partial charge in [-0.25, -0.2) is 4.98 Å². The summed E-state index contributed by atoms with van der Waals surface area (Å²) in [6.45, 7) is 1.95. The first-order chi connectivity index (χ1) is 10.2. The second-order valence-corrected chi connectivity index (χ2v) is 4.58. The summed E-state index contributed by atoms with van der Waals surface area (Å²) in [6.07, 6.45) is 0. The molecule has 5 nitrogen and oxygen atoms in total. The van der Waals surface area contributed by atoms with E-state index in [1.165, 1.54) is 0 Å². The third-order valence-corrected chi connectivity index (χ3v) is 3.11. The highest BCUT2D eigenvalue weighted by Gasteiger charge is 2.06. The lowest BCUT2D eigenvalue weighted by molar-refractivity contribution is 0.199. The highest BCUT2D eigenvalue weighted by atomic mass is 16.5. The van der Waals surface area contributed by atoms with Crippen LogP contribution >= 0.6 is 0 Å². The van der Waals surface area contributed by atoms with Gasteiger partial charge in [0.1, 0.15) is 5.75 Å². The maximum Gasteiger partial charge on any atom is 0.213 e. The first-order valence-corrected chi connectivity index (χ1v) is 6.77. The van der Waals surface area contributed by atoms with E-state index >= 15 is 0 Å². The maximum absolute atomic E-state index is 9.92. The fourth-order valence-corrected chi connectivity index (χ4v) is 1.97. The third kappa shape index (κ3) is 4.18. The molecule has 0 aliphatic carbocycles. The highest BCUT2D eigenvalue weighted by molar-refractivity contribution is 5.62. The second kappa shape index (κ2) is 7.61. The number of ether oxygens (including phenoxy) is 2. The predicted octanol–water partition coefficient (Wildman–Crippen LogP) is 2.20. The van der Waals surface area contributed by atoms with Gasteiger partial charge in [0.05, 0.1) is 19.4 Å². The van der Waals surface area contributed by atoms with Gasteiger partial charge < -0.3 is 19.9 Å². The molecule has 0 saturated heterocycles. The summed E-state index contributed by atoms with van der Waals surface area (Å²) in [7, 11) is 3.25. The van der Waals surface area contributed by atoms with Crippen LogP contribution in [0.25, 0.3) is 11.3 Å². The van der Waals surface area contributed by atoms with Gasteiger partial charge in [-0.15, -0.1) is 0 Å². The van der Waals surface area contributed by atoms with E-state index in [0.29, 0.717) is 19.0 Å². The molecule has 0 amide bonds. The van der Waals surface area contributed by atoms with Crippen LogP contribution in [0.4, 0.5) is 0 Å². The zero-order chi connectivity index (χ0) is 15.1. The van der Waals surface area contributed by atoms with Crippen LogP contribution in [0, 0.1) is 0 Å². The molecule has 2 rings (SSSR count). The van der Waals surface area contributed by atoms with Gasteiger partial charge in [-0.3, -0.25) is 0 Å². The molecule has 21 heavy (non-hydrogen) atoms. The molecule has 0 unspecified atom stereocenters. The van der Waals surface area contributed by atoms with Crippen molar-refractivity contribution in [1.29, 1.82) is 0 Å². The topological polar surface area (TPSA) is 63.6 Å². The van der Waals surface area contributed by atoms with Crippen LogP contribution in [0.1, 0.15) is 5.56 Å². The smallest absolute Gasteiger partial charge is 0.213 e. The van der Waals surface area contributed by atoms with Crippen molar-refractivity contribution in [3.63, 3.8) is 0 Å². The number of phenolic OH excluding ortho intramolecular Hbond substituents is 1. The van der Waals surface area contributed by atoms with Crippen molar-refractivity contribution in [2.45, 2.75) is 6.54 Å². The van der Waals surface area contributed by atoms with Gasteiger partial charge in [-0.05, 0) is 24.3 Å². The van der Waals surface area contributed by atoms with Gasteiger partial charge in [0.2, 0.25) is 5.88 Å². The number of pyridine rings is 1. The highest BCUT2D eigenvalue weighted by Crippen LogP contribution is 2.25. The average molecular weight is 288 g/mol. The minimum atomic E-state index is 0.270. The summed E-state index contributed by atoms with van der Waals surface area (Å²) in [6, 6.07) is 11.1. The van der Waals surface area contributed by atoms with Gasteiger partial charge in [0.15, 0.2) is 0 Å². The number of hydrogen-bond acceptors (Lipinski definition) is 5. The van der Waals surface area contributed by atoms with E-state index in [1.54, 1.807) is 26.4 Å². The Morgan fingerprint density at radius 2 is 2.05 bits per heavy atom. The fourth-order valence-electron chi connectivity index (χ4n) is 1.97. The minimum absolute atomic E-state index is 0.270. The molecule has 0 fully saturated rings. The maximum atomic E-state index is 9.92. The van der Waals surface area contributed by atoms with Crippen LogP contribution in [-0.2, 0) is 11.3 Å².